The fraction of sp³-hybridized carbons (Fsp3) is 0.333. The molecule has 130 valence electrons. The summed E-state index contributed by atoms with van der Waals surface area (Å²) < 4.78 is 27.9. The van der Waals surface area contributed by atoms with Gasteiger partial charge >= 0.3 is 0 Å². The number of halogens is 1. The number of pyridine rings is 1. The standard InChI is InChI=1S/C15H19ClN4O3S/c1-4-20(5-2)24(22,23)12-8-13(19(3)10-12)15(21)18-14-7-6-11(16)9-17-14/h6-10H,4-5H2,1-3H3,(H,17,18,21). The Morgan fingerprint density at radius 1 is 1.33 bits per heavy atom. The lowest BCUT2D eigenvalue weighted by Gasteiger charge is -2.17. The van der Waals surface area contributed by atoms with E-state index in [2.05, 4.69) is 10.3 Å². The van der Waals surface area contributed by atoms with E-state index < -0.39 is 15.9 Å². The zero-order valence-corrected chi connectivity index (χ0v) is 15.2. The molecule has 0 saturated carbocycles. The summed E-state index contributed by atoms with van der Waals surface area (Å²) in [5.41, 5.74) is 0.220. The summed E-state index contributed by atoms with van der Waals surface area (Å²) in [6.07, 6.45) is 2.84. The van der Waals surface area contributed by atoms with Gasteiger partial charge in [-0.15, -0.1) is 0 Å². The predicted octanol–water partition coefficient (Wildman–Crippen LogP) is 2.36. The van der Waals surface area contributed by atoms with Gasteiger partial charge in [-0.2, -0.15) is 4.31 Å². The number of sulfonamides is 1. The minimum Gasteiger partial charge on any atom is -0.345 e. The largest absolute Gasteiger partial charge is 0.345 e. The number of aryl methyl sites for hydroxylation is 1. The van der Waals surface area contributed by atoms with Gasteiger partial charge < -0.3 is 9.88 Å². The molecule has 0 aliphatic rings. The summed E-state index contributed by atoms with van der Waals surface area (Å²) >= 11 is 5.75. The molecule has 0 radical (unpaired) electrons. The van der Waals surface area contributed by atoms with Crippen LogP contribution in [0, 0.1) is 0 Å². The Hall–Kier alpha value is -1.90. The van der Waals surface area contributed by atoms with Crippen molar-refractivity contribution in [2.75, 3.05) is 18.4 Å². The maximum atomic E-state index is 12.5. The lowest BCUT2D eigenvalue weighted by Crippen LogP contribution is -2.30. The van der Waals surface area contributed by atoms with Gasteiger partial charge in [0.1, 0.15) is 16.4 Å². The Balaban J connectivity index is 2.28. The van der Waals surface area contributed by atoms with Crippen LogP contribution in [0.5, 0.6) is 0 Å². The van der Waals surface area contributed by atoms with Gasteiger partial charge in [-0.25, -0.2) is 13.4 Å². The molecule has 0 aliphatic carbocycles. The summed E-state index contributed by atoms with van der Waals surface area (Å²) in [4.78, 5) is 16.4. The van der Waals surface area contributed by atoms with E-state index >= 15 is 0 Å². The second-order valence-electron chi connectivity index (χ2n) is 5.08. The van der Waals surface area contributed by atoms with Crippen molar-refractivity contribution in [2.45, 2.75) is 18.7 Å². The second kappa shape index (κ2) is 7.33. The molecule has 1 N–H and O–H groups in total. The summed E-state index contributed by atoms with van der Waals surface area (Å²) in [5.74, 6) is -0.118. The normalized spacial score (nSPS) is 11.7. The van der Waals surface area contributed by atoms with Gasteiger partial charge in [-0.3, -0.25) is 4.79 Å². The molecule has 0 fully saturated rings. The number of rotatable bonds is 6. The van der Waals surface area contributed by atoms with Gasteiger partial charge in [0, 0.05) is 32.5 Å². The molecular weight excluding hydrogens is 352 g/mol. The number of amides is 1. The molecule has 0 unspecified atom stereocenters. The summed E-state index contributed by atoms with van der Waals surface area (Å²) in [5, 5.41) is 3.07. The van der Waals surface area contributed by atoms with E-state index in [0.29, 0.717) is 23.9 Å². The molecule has 7 nitrogen and oxygen atoms in total. The fourth-order valence-electron chi connectivity index (χ4n) is 2.24. The molecule has 0 spiro atoms. The lowest BCUT2D eigenvalue weighted by atomic mass is 10.4. The number of aromatic nitrogens is 2. The highest BCUT2D eigenvalue weighted by Crippen LogP contribution is 2.19. The predicted molar refractivity (Wildman–Crippen MR) is 92.7 cm³/mol. The molecule has 2 aromatic rings. The summed E-state index contributed by atoms with van der Waals surface area (Å²) in [6.45, 7) is 4.27. The second-order valence-corrected chi connectivity index (χ2v) is 7.45. The number of anilines is 1. The lowest BCUT2D eigenvalue weighted by molar-refractivity contribution is 0.101. The first-order chi connectivity index (χ1) is 11.3. The Morgan fingerprint density at radius 3 is 2.54 bits per heavy atom. The van der Waals surface area contributed by atoms with Crippen LogP contribution in [0.15, 0.2) is 35.5 Å². The third-order valence-electron chi connectivity index (χ3n) is 3.52. The molecule has 2 heterocycles. The summed E-state index contributed by atoms with van der Waals surface area (Å²) in [7, 11) is -2.00. The van der Waals surface area contributed by atoms with Crippen molar-refractivity contribution in [1.82, 2.24) is 13.9 Å². The Morgan fingerprint density at radius 2 is 2.00 bits per heavy atom. The third-order valence-corrected chi connectivity index (χ3v) is 5.76. The first-order valence-electron chi connectivity index (χ1n) is 7.39. The van der Waals surface area contributed by atoms with Crippen LogP contribution in [0.25, 0.3) is 0 Å². The van der Waals surface area contributed by atoms with Crippen LogP contribution >= 0.6 is 11.6 Å². The van der Waals surface area contributed by atoms with Crippen LogP contribution in [0.2, 0.25) is 5.02 Å². The molecule has 2 rings (SSSR count). The first kappa shape index (κ1) is 18.4. The van der Waals surface area contributed by atoms with Crippen LogP contribution in [0.1, 0.15) is 24.3 Å². The van der Waals surface area contributed by atoms with E-state index in [1.807, 2.05) is 0 Å². The van der Waals surface area contributed by atoms with Gasteiger partial charge in [0.05, 0.1) is 5.02 Å². The van der Waals surface area contributed by atoms with Crippen molar-refractivity contribution >= 4 is 33.3 Å². The maximum absolute atomic E-state index is 12.5. The van der Waals surface area contributed by atoms with Gasteiger partial charge in [0.2, 0.25) is 10.0 Å². The maximum Gasteiger partial charge on any atom is 0.273 e. The molecule has 0 aliphatic heterocycles. The van der Waals surface area contributed by atoms with Crippen LogP contribution < -0.4 is 5.32 Å². The number of nitrogens with zero attached hydrogens (tertiary/aromatic N) is 3. The van der Waals surface area contributed by atoms with Crippen molar-refractivity contribution in [3.05, 3.63) is 41.3 Å². The zero-order valence-electron chi connectivity index (χ0n) is 13.7. The van der Waals surface area contributed by atoms with Crippen LogP contribution in [-0.4, -0.2) is 41.3 Å². The Kier molecular flexibility index (Phi) is 5.63. The molecule has 1 amide bonds. The van der Waals surface area contributed by atoms with Crippen LogP contribution in [0.3, 0.4) is 0 Å². The van der Waals surface area contributed by atoms with Crippen LogP contribution in [0.4, 0.5) is 5.82 Å². The van der Waals surface area contributed by atoms with Gasteiger partial charge in [0.25, 0.3) is 5.91 Å². The third kappa shape index (κ3) is 3.77. The smallest absolute Gasteiger partial charge is 0.273 e. The molecular formula is C15H19ClN4O3S. The molecule has 0 saturated heterocycles. The number of carbonyl (C=O) groups excluding carboxylic acids is 1. The average molecular weight is 371 g/mol. The minimum absolute atomic E-state index is 0.0860. The van der Waals surface area contributed by atoms with E-state index in [4.69, 9.17) is 11.6 Å². The Bertz CT molecular complexity index is 827. The van der Waals surface area contributed by atoms with Crippen LogP contribution in [-0.2, 0) is 17.1 Å². The highest BCUT2D eigenvalue weighted by Gasteiger charge is 2.25. The topological polar surface area (TPSA) is 84.3 Å². The van der Waals surface area contributed by atoms with E-state index in [9.17, 15) is 13.2 Å². The number of carbonyl (C=O) groups is 1. The average Bonchev–Trinajstić information content (AvgIpc) is 2.93. The molecule has 2 aromatic heterocycles. The van der Waals surface area contributed by atoms with E-state index in [0.717, 1.165) is 0 Å². The fourth-order valence-corrected chi connectivity index (χ4v) is 3.89. The molecule has 0 bridgehead atoms. The van der Waals surface area contributed by atoms with Gasteiger partial charge in [-0.1, -0.05) is 25.4 Å². The molecule has 24 heavy (non-hydrogen) atoms. The number of hydrogen-bond donors (Lipinski definition) is 1. The first-order valence-corrected chi connectivity index (χ1v) is 9.20. The molecule has 9 heteroatoms. The van der Waals surface area contributed by atoms with Gasteiger partial charge in [-0.05, 0) is 18.2 Å². The van der Waals surface area contributed by atoms with Crippen molar-refractivity contribution in [3.63, 3.8) is 0 Å². The van der Waals surface area contributed by atoms with Crippen molar-refractivity contribution < 1.29 is 13.2 Å². The van der Waals surface area contributed by atoms with E-state index in [1.165, 1.54) is 27.3 Å². The van der Waals surface area contributed by atoms with Crippen molar-refractivity contribution in [3.8, 4) is 0 Å². The monoisotopic (exact) mass is 370 g/mol. The number of hydrogen-bond acceptors (Lipinski definition) is 4. The minimum atomic E-state index is -3.62. The van der Waals surface area contributed by atoms with Crippen molar-refractivity contribution in [2.24, 2.45) is 7.05 Å². The SMILES string of the molecule is CCN(CC)S(=O)(=O)c1cc(C(=O)Nc2ccc(Cl)cn2)n(C)c1. The number of nitrogens with one attached hydrogen (secondary N) is 1. The van der Waals surface area contributed by atoms with E-state index in [1.54, 1.807) is 33.0 Å². The van der Waals surface area contributed by atoms with E-state index in [-0.39, 0.29) is 10.6 Å². The Labute approximate surface area is 146 Å². The highest BCUT2D eigenvalue weighted by molar-refractivity contribution is 7.89. The van der Waals surface area contributed by atoms with Crippen molar-refractivity contribution in [1.29, 1.82) is 0 Å². The highest BCUT2D eigenvalue weighted by atomic mass is 35.5. The quantitative estimate of drug-likeness (QED) is 0.845. The molecule has 0 aromatic carbocycles. The molecule has 0 atom stereocenters. The zero-order chi connectivity index (χ0) is 17.9. The van der Waals surface area contributed by atoms with Gasteiger partial charge in [0.15, 0.2) is 0 Å². The summed E-state index contributed by atoms with van der Waals surface area (Å²) in [6, 6.07) is 4.53.